The number of methoxy groups -OCH3 is 1. The fourth-order valence-corrected chi connectivity index (χ4v) is 2.94. The highest BCUT2D eigenvalue weighted by atomic mass is 35.5. The molecule has 3 aromatic heterocycles. The maximum absolute atomic E-state index is 6.03. The Hall–Kier alpha value is -3.45. The number of aromatic nitrogens is 5. The molecule has 1 N–H and O–H groups in total. The highest BCUT2D eigenvalue weighted by molar-refractivity contribution is 6.30. The zero-order chi connectivity index (χ0) is 19.5. The lowest BCUT2D eigenvalue weighted by atomic mass is 10.2. The minimum absolute atomic E-state index is 0.477. The predicted molar refractivity (Wildman–Crippen MR) is 108 cm³/mol. The summed E-state index contributed by atoms with van der Waals surface area (Å²) in [4.78, 5) is 13.3. The van der Waals surface area contributed by atoms with Gasteiger partial charge >= 0.3 is 0 Å². The Morgan fingerprint density at radius 1 is 1.04 bits per heavy atom. The first kappa shape index (κ1) is 17.9. The van der Waals surface area contributed by atoms with Crippen LogP contribution in [0.4, 0.5) is 11.6 Å². The van der Waals surface area contributed by atoms with Crippen molar-refractivity contribution in [1.29, 1.82) is 0 Å². The highest BCUT2D eigenvalue weighted by Gasteiger charge is 2.11. The van der Waals surface area contributed by atoms with E-state index in [4.69, 9.17) is 16.3 Å². The van der Waals surface area contributed by atoms with E-state index in [1.165, 1.54) is 0 Å². The number of pyridine rings is 1. The van der Waals surface area contributed by atoms with Gasteiger partial charge in [-0.1, -0.05) is 17.7 Å². The van der Waals surface area contributed by atoms with Crippen molar-refractivity contribution in [1.82, 2.24) is 24.7 Å². The van der Waals surface area contributed by atoms with Gasteiger partial charge in [-0.25, -0.2) is 15.0 Å². The van der Waals surface area contributed by atoms with Crippen molar-refractivity contribution in [3.8, 4) is 23.0 Å². The van der Waals surface area contributed by atoms with Crippen molar-refractivity contribution in [3.63, 3.8) is 0 Å². The van der Waals surface area contributed by atoms with Crippen molar-refractivity contribution in [3.05, 3.63) is 71.6 Å². The largest absolute Gasteiger partial charge is 0.481 e. The smallest absolute Gasteiger partial charge is 0.227 e. The van der Waals surface area contributed by atoms with E-state index in [0.717, 1.165) is 22.6 Å². The summed E-state index contributed by atoms with van der Waals surface area (Å²) in [6.07, 6.45) is 3.42. The van der Waals surface area contributed by atoms with Crippen molar-refractivity contribution in [2.45, 2.75) is 6.92 Å². The summed E-state index contributed by atoms with van der Waals surface area (Å²) in [7, 11) is 1.61. The van der Waals surface area contributed by atoms with Gasteiger partial charge < -0.3 is 10.1 Å². The predicted octanol–water partition coefficient (Wildman–Crippen LogP) is 4.44. The molecule has 0 saturated carbocycles. The van der Waals surface area contributed by atoms with Crippen LogP contribution in [0, 0.1) is 6.92 Å². The number of ether oxygens (including phenoxy) is 1. The van der Waals surface area contributed by atoms with E-state index in [1.807, 2.05) is 55.5 Å². The second-order valence-electron chi connectivity index (χ2n) is 6.04. The average molecular weight is 393 g/mol. The molecule has 0 atom stereocenters. The van der Waals surface area contributed by atoms with Crippen LogP contribution in [-0.2, 0) is 0 Å². The quantitative estimate of drug-likeness (QED) is 0.541. The van der Waals surface area contributed by atoms with Gasteiger partial charge in [-0.15, -0.1) is 0 Å². The van der Waals surface area contributed by atoms with Gasteiger partial charge in [-0.3, -0.25) is 0 Å². The number of nitrogens with zero attached hydrogens (tertiary/aromatic N) is 5. The molecule has 0 unspecified atom stereocenters. The van der Waals surface area contributed by atoms with E-state index in [-0.39, 0.29) is 0 Å². The summed E-state index contributed by atoms with van der Waals surface area (Å²) in [5.74, 6) is 1.74. The standard InChI is InChI=1S/C20H17ClN6O/c1-13-10-19(28-2)27(26-13)18-11-14(6-8-22-18)17-7-9-23-20(25-17)24-16-5-3-4-15(21)12-16/h3-12H,1-2H3,(H,23,24,25). The van der Waals surface area contributed by atoms with Crippen LogP contribution in [0.25, 0.3) is 17.1 Å². The number of benzene rings is 1. The molecule has 0 aliphatic carbocycles. The summed E-state index contributed by atoms with van der Waals surface area (Å²) < 4.78 is 7.03. The van der Waals surface area contributed by atoms with E-state index in [0.29, 0.717) is 22.7 Å². The zero-order valence-electron chi connectivity index (χ0n) is 15.3. The first-order valence-electron chi connectivity index (χ1n) is 8.55. The number of aryl methyl sites for hydroxylation is 1. The molecule has 0 bridgehead atoms. The third-order valence-corrected chi connectivity index (χ3v) is 4.24. The summed E-state index contributed by atoms with van der Waals surface area (Å²) in [5, 5.41) is 8.24. The van der Waals surface area contributed by atoms with Crippen molar-refractivity contribution < 1.29 is 4.74 Å². The van der Waals surface area contributed by atoms with Crippen LogP contribution in [0.1, 0.15) is 5.69 Å². The lowest BCUT2D eigenvalue weighted by Gasteiger charge is -2.09. The van der Waals surface area contributed by atoms with Gasteiger partial charge in [0.15, 0.2) is 5.82 Å². The normalized spacial score (nSPS) is 10.7. The molecular weight excluding hydrogens is 376 g/mol. The SMILES string of the molecule is COc1cc(C)nn1-c1cc(-c2ccnc(Nc3cccc(Cl)c3)n2)ccn1. The molecule has 0 spiro atoms. The molecule has 0 fully saturated rings. The Balaban J connectivity index is 1.66. The monoisotopic (exact) mass is 392 g/mol. The van der Waals surface area contributed by atoms with Gasteiger partial charge in [0.1, 0.15) is 0 Å². The van der Waals surface area contributed by atoms with Gasteiger partial charge in [0, 0.05) is 34.7 Å². The molecule has 0 amide bonds. The Kier molecular flexibility index (Phi) is 4.90. The molecule has 3 heterocycles. The number of hydrogen-bond donors (Lipinski definition) is 1. The van der Waals surface area contributed by atoms with Gasteiger partial charge in [0.2, 0.25) is 11.8 Å². The lowest BCUT2D eigenvalue weighted by molar-refractivity contribution is 0.382. The van der Waals surface area contributed by atoms with Gasteiger partial charge in [0.25, 0.3) is 0 Å². The Morgan fingerprint density at radius 3 is 2.71 bits per heavy atom. The Bertz CT molecular complexity index is 1130. The maximum atomic E-state index is 6.03. The Labute approximate surface area is 167 Å². The molecular formula is C20H17ClN6O. The van der Waals surface area contributed by atoms with Crippen molar-refractivity contribution >= 4 is 23.2 Å². The molecule has 0 aliphatic heterocycles. The third-order valence-electron chi connectivity index (χ3n) is 4.00. The average Bonchev–Trinajstić information content (AvgIpc) is 3.09. The number of nitrogens with one attached hydrogen (secondary N) is 1. The summed E-state index contributed by atoms with van der Waals surface area (Å²) in [6.45, 7) is 1.90. The highest BCUT2D eigenvalue weighted by Crippen LogP contribution is 2.24. The lowest BCUT2D eigenvalue weighted by Crippen LogP contribution is -2.03. The van der Waals surface area contributed by atoms with Crippen LogP contribution in [-0.4, -0.2) is 31.8 Å². The van der Waals surface area contributed by atoms with Crippen LogP contribution in [0.3, 0.4) is 0 Å². The molecule has 7 nitrogen and oxygen atoms in total. The van der Waals surface area contributed by atoms with E-state index >= 15 is 0 Å². The molecule has 140 valence electrons. The minimum atomic E-state index is 0.477. The summed E-state index contributed by atoms with van der Waals surface area (Å²) >= 11 is 6.03. The van der Waals surface area contributed by atoms with Crippen LogP contribution >= 0.6 is 11.6 Å². The number of hydrogen-bond acceptors (Lipinski definition) is 6. The second-order valence-corrected chi connectivity index (χ2v) is 6.48. The molecule has 0 saturated heterocycles. The van der Waals surface area contributed by atoms with Crippen molar-refractivity contribution in [2.24, 2.45) is 0 Å². The Morgan fingerprint density at radius 2 is 1.89 bits per heavy atom. The second kappa shape index (κ2) is 7.66. The van der Waals surface area contributed by atoms with Crippen LogP contribution in [0.5, 0.6) is 5.88 Å². The van der Waals surface area contributed by atoms with Crippen molar-refractivity contribution in [2.75, 3.05) is 12.4 Å². The number of anilines is 2. The van der Waals surface area contributed by atoms with Gasteiger partial charge in [-0.05, 0) is 43.3 Å². The van der Waals surface area contributed by atoms with E-state index in [2.05, 4.69) is 25.4 Å². The molecule has 4 aromatic rings. The van der Waals surface area contributed by atoms with E-state index in [9.17, 15) is 0 Å². The molecule has 28 heavy (non-hydrogen) atoms. The molecule has 0 radical (unpaired) electrons. The first-order chi connectivity index (χ1) is 13.6. The van der Waals surface area contributed by atoms with E-state index in [1.54, 1.807) is 24.2 Å². The summed E-state index contributed by atoms with van der Waals surface area (Å²) in [5.41, 5.74) is 3.30. The molecule has 8 heteroatoms. The fraction of sp³-hybridized carbons (Fsp3) is 0.100. The fourth-order valence-electron chi connectivity index (χ4n) is 2.75. The van der Waals surface area contributed by atoms with Crippen LogP contribution in [0.2, 0.25) is 5.02 Å². The maximum Gasteiger partial charge on any atom is 0.227 e. The van der Waals surface area contributed by atoms with Crippen LogP contribution in [0.15, 0.2) is 60.9 Å². The van der Waals surface area contributed by atoms with E-state index < -0.39 is 0 Å². The topological polar surface area (TPSA) is 77.8 Å². The minimum Gasteiger partial charge on any atom is -0.481 e. The van der Waals surface area contributed by atoms with Gasteiger partial charge in [-0.2, -0.15) is 9.78 Å². The molecule has 4 rings (SSSR count). The zero-order valence-corrected chi connectivity index (χ0v) is 16.1. The molecule has 1 aromatic carbocycles. The first-order valence-corrected chi connectivity index (χ1v) is 8.93. The number of rotatable bonds is 5. The number of halogens is 1. The van der Waals surface area contributed by atoms with Crippen LogP contribution < -0.4 is 10.1 Å². The molecule has 0 aliphatic rings. The summed E-state index contributed by atoms with van der Waals surface area (Å²) in [6, 6.07) is 14.9. The third kappa shape index (κ3) is 3.79. The van der Waals surface area contributed by atoms with Gasteiger partial charge in [0.05, 0.1) is 18.5 Å².